The standard InChI is InChI=1S/C26H22BrN3O4/c1-2-3-4-13-33-18-8-5-7-16(14-18)22-21-23(31)19-15-17(27)9-10-20(19)34-24(21)25(32)30(22)26-28-11-6-12-29-26/h5-12,14-15,22H,2-4,13H2,1H3. The number of carbonyl (C=O) groups is 1. The zero-order valence-electron chi connectivity index (χ0n) is 18.5. The third kappa shape index (κ3) is 3.98. The normalized spacial score (nSPS) is 15.1. The molecule has 0 spiro atoms. The molecule has 0 radical (unpaired) electrons. The molecule has 3 heterocycles. The van der Waals surface area contributed by atoms with Crippen LogP contribution in [0.2, 0.25) is 0 Å². The number of nitrogens with zero attached hydrogens (tertiary/aromatic N) is 3. The van der Waals surface area contributed by atoms with Gasteiger partial charge in [-0.05, 0) is 48.4 Å². The quantitative estimate of drug-likeness (QED) is 0.292. The first kappa shape index (κ1) is 22.3. The van der Waals surface area contributed by atoms with E-state index in [4.69, 9.17) is 9.15 Å². The number of carbonyl (C=O) groups excluding carboxylic acids is 1. The number of anilines is 1. The summed E-state index contributed by atoms with van der Waals surface area (Å²) in [7, 11) is 0. The third-order valence-corrected chi connectivity index (χ3v) is 6.28. The van der Waals surface area contributed by atoms with E-state index in [1.54, 1.807) is 36.7 Å². The Bertz CT molecular complexity index is 1420. The van der Waals surface area contributed by atoms with Gasteiger partial charge in [-0.3, -0.25) is 14.5 Å². The van der Waals surface area contributed by atoms with Gasteiger partial charge in [0, 0.05) is 16.9 Å². The van der Waals surface area contributed by atoms with E-state index in [0.29, 0.717) is 28.9 Å². The zero-order valence-corrected chi connectivity index (χ0v) is 20.1. The van der Waals surface area contributed by atoms with E-state index in [9.17, 15) is 9.59 Å². The Morgan fingerprint density at radius 3 is 2.68 bits per heavy atom. The van der Waals surface area contributed by atoms with Crippen LogP contribution in [0.1, 0.15) is 53.9 Å². The van der Waals surface area contributed by atoms with Gasteiger partial charge in [0.2, 0.25) is 11.7 Å². The fraction of sp³-hybridized carbons (Fsp3) is 0.231. The average molecular weight is 520 g/mol. The van der Waals surface area contributed by atoms with Gasteiger partial charge in [0.15, 0.2) is 5.43 Å². The fourth-order valence-corrected chi connectivity index (χ4v) is 4.56. The van der Waals surface area contributed by atoms with Gasteiger partial charge in [-0.2, -0.15) is 0 Å². The van der Waals surface area contributed by atoms with Gasteiger partial charge in [-0.1, -0.05) is 47.8 Å². The third-order valence-electron chi connectivity index (χ3n) is 5.79. The monoisotopic (exact) mass is 519 g/mol. The molecule has 1 atom stereocenters. The van der Waals surface area contributed by atoms with Gasteiger partial charge >= 0.3 is 0 Å². The van der Waals surface area contributed by atoms with Crippen molar-refractivity contribution in [2.45, 2.75) is 32.2 Å². The van der Waals surface area contributed by atoms with E-state index in [1.807, 2.05) is 24.3 Å². The number of benzene rings is 2. The lowest BCUT2D eigenvalue weighted by Crippen LogP contribution is -2.31. The molecular formula is C26H22BrN3O4. The highest BCUT2D eigenvalue weighted by atomic mass is 79.9. The Hall–Kier alpha value is -3.52. The predicted octanol–water partition coefficient (Wildman–Crippen LogP) is 5.66. The molecule has 1 unspecified atom stereocenters. The highest BCUT2D eigenvalue weighted by Gasteiger charge is 2.45. The number of aromatic nitrogens is 2. The largest absolute Gasteiger partial charge is 0.494 e. The Kier molecular flexibility index (Phi) is 6.15. The lowest BCUT2D eigenvalue weighted by molar-refractivity contribution is 0.0969. The first-order valence-corrected chi connectivity index (χ1v) is 12.0. The smallest absolute Gasteiger partial charge is 0.297 e. The number of unbranched alkanes of at least 4 members (excludes halogenated alkanes) is 2. The van der Waals surface area contributed by atoms with Crippen molar-refractivity contribution in [3.05, 3.63) is 92.5 Å². The van der Waals surface area contributed by atoms with Crippen molar-refractivity contribution >= 4 is 38.8 Å². The molecule has 0 saturated heterocycles. The van der Waals surface area contributed by atoms with E-state index < -0.39 is 11.9 Å². The van der Waals surface area contributed by atoms with Crippen LogP contribution in [-0.4, -0.2) is 22.5 Å². The Balaban J connectivity index is 1.67. The molecule has 8 heteroatoms. The van der Waals surface area contributed by atoms with Crippen LogP contribution in [0.25, 0.3) is 11.0 Å². The highest BCUT2D eigenvalue weighted by molar-refractivity contribution is 9.10. The van der Waals surface area contributed by atoms with Crippen LogP contribution in [0.5, 0.6) is 5.75 Å². The minimum atomic E-state index is -0.747. The van der Waals surface area contributed by atoms with Gasteiger partial charge in [0.05, 0.1) is 23.6 Å². The summed E-state index contributed by atoms with van der Waals surface area (Å²) in [6.45, 7) is 2.74. The molecule has 1 aliphatic heterocycles. The average Bonchev–Trinajstić information content (AvgIpc) is 3.15. The molecule has 2 aromatic carbocycles. The number of ether oxygens (including phenoxy) is 1. The second-order valence-corrected chi connectivity index (χ2v) is 8.98. The highest BCUT2D eigenvalue weighted by Crippen LogP contribution is 2.40. The lowest BCUT2D eigenvalue weighted by Gasteiger charge is -2.23. The molecule has 0 fully saturated rings. The van der Waals surface area contributed by atoms with Crippen LogP contribution < -0.4 is 15.1 Å². The van der Waals surface area contributed by atoms with Crippen LogP contribution in [0.4, 0.5) is 5.95 Å². The van der Waals surface area contributed by atoms with Gasteiger partial charge in [-0.25, -0.2) is 9.97 Å². The minimum absolute atomic E-state index is 0.00606. The first-order chi connectivity index (χ1) is 16.6. The van der Waals surface area contributed by atoms with E-state index in [0.717, 1.165) is 23.7 Å². The van der Waals surface area contributed by atoms with Crippen molar-refractivity contribution in [2.24, 2.45) is 0 Å². The van der Waals surface area contributed by atoms with Crippen LogP contribution in [0.15, 0.2) is 74.6 Å². The van der Waals surface area contributed by atoms with E-state index in [2.05, 4.69) is 32.8 Å². The summed E-state index contributed by atoms with van der Waals surface area (Å²) in [5.41, 5.74) is 1.08. The second kappa shape index (κ2) is 9.38. The van der Waals surface area contributed by atoms with Gasteiger partial charge in [0.25, 0.3) is 5.91 Å². The second-order valence-electron chi connectivity index (χ2n) is 8.07. The van der Waals surface area contributed by atoms with Crippen molar-refractivity contribution < 1.29 is 13.9 Å². The van der Waals surface area contributed by atoms with Crippen molar-refractivity contribution in [3.63, 3.8) is 0 Å². The van der Waals surface area contributed by atoms with Crippen molar-refractivity contribution in [3.8, 4) is 5.75 Å². The maximum absolute atomic E-state index is 13.7. The molecule has 1 aliphatic rings. The fourth-order valence-electron chi connectivity index (χ4n) is 4.20. The van der Waals surface area contributed by atoms with E-state index >= 15 is 0 Å². The summed E-state index contributed by atoms with van der Waals surface area (Å²) in [4.78, 5) is 37.2. The number of amides is 1. The molecule has 172 valence electrons. The summed E-state index contributed by atoms with van der Waals surface area (Å²) in [6.07, 6.45) is 6.28. The van der Waals surface area contributed by atoms with Gasteiger partial charge < -0.3 is 9.15 Å². The summed E-state index contributed by atoms with van der Waals surface area (Å²) >= 11 is 3.42. The topological polar surface area (TPSA) is 85.5 Å². The molecule has 0 bridgehead atoms. The van der Waals surface area contributed by atoms with Crippen LogP contribution in [-0.2, 0) is 0 Å². The molecule has 4 aromatic rings. The molecule has 34 heavy (non-hydrogen) atoms. The molecular weight excluding hydrogens is 498 g/mol. The number of halogens is 1. The number of hydrogen-bond acceptors (Lipinski definition) is 6. The van der Waals surface area contributed by atoms with Gasteiger partial charge in [0.1, 0.15) is 11.3 Å². The predicted molar refractivity (Wildman–Crippen MR) is 132 cm³/mol. The molecule has 1 amide bonds. The zero-order chi connectivity index (χ0) is 23.7. The van der Waals surface area contributed by atoms with Crippen molar-refractivity contribution in [1.82, 2.24) is 9.97 Å². The molecule has 0 N–H and O–H groups in total. The van der Waals surface area contributed by atoms with Crippen LogP contribution >= 0.6 is 15.9 Å². The maximum atomic E-state index is 13.7. The van der Waals surface area contributed by atoms with Crippen molar-refractivity contribution in [2.75, 3.05) is 11.5 Å². The first-order valence-electron chi connectivity index (χ1n) is 11.2. The Labute approximate surface area is 204 Å². The van der Waals surface area contributed by atoms with Crippen LogP contribution in [0, 0.1) is 0 Å². The minimum Gasteiger partial charge on any atom is -0.494 e. The Morgan fingerprint density at radius 1 is 1.06 bits per heavy atom. The summed E-state index contributed by atoms with van der Waals surface area (Å²) in [5.74, 6) is 0.424. The summed E-state index contributed by atoms with van der Waals surface area (Å²) in [5, 5.41) is 0.397. The summed E-state index contributed by atoms with van der Waals surface area (Å²) < 4.78 is 12.7. The van der Waals surface area contributed by atoms with Crippen LogP contribution in [0.3, 0.4) is 0 Å². The number of hydrogen-bond donors (Lipinski definition) is 0. The van der Waals surface area contributed by atoms with E-state index in [1.165, 1.54) is 4.90 Å². The Morgan fingerprint density at radius 2 is 1.88 bits per heavy atom. The SMILES string of the molecule is CCCCCOc1cccc(C2c3c(oc4ccc(Br)cc4c3=O)C(=O)N2c2ncccn2)c1. The molecule has 0 saturated carbocycles. The molecule has 5 rings (SSSR count). The van der Waals surface area contributed by atoms with E-state index in [-0.39, 0.29) is 22.7 Å². The lowest BCUT2D eigenvalue weighted by atomic mass is 9.98. The maximum Gasteiger partial charge on any atom is 0.297 e. The molecule has 2 aromatic heterocycles. The summed E-state index contributed by atoms with van der Waals surface area (Å²) in [6, 6.07) is 13.5. The van der Waals surface area contributed by atoms with Gasteiger partial charge in [-0.15, -0.1) is 0 Å². The van der Waals surface area contributed by atoms with Crippen molar-refractivity contribution in [1.29, 1.82) is 0 Å². The molecule has 0 aliphatic carbocycles. The number of rotatable bonds is 7. The molecule has 7 nitrogen and oxygen atoms in total. The number of fused-ring (bicyclic) bond motifs is 2.